The van der Waals surface area contributed by atoms with Gasteiger partial charge in [0.15, 0.2) is 0 Å². The molecule has 0 bridgehead atoms. The molecule has 2 aromatic heterocycles. The van der Waals surface area contributed by atoms with Crippen LogP contribution in [0.1, 0.15) is 30.4 Å². The van der Waals surface area contributed by atoms with Crippen molar-refractivity contribution < 1.29 is 9.21 Å². The summed E-state index contributed by atoms with van der Waals surface area (Å²) in [6, 6.07) is 5.86. The molecule has 0 saturated carbocycles. The normalized spacial score (nSPS) is 11.2. The average molecular weight is 332 g/mol. The summed E-state index contributed by atoms with van der Waals surface area (Å²) < 4.78 is 7.56. The molecule has 3 rings (SSSR count). The molecule has 0 radical (unpaired) electrons. The second kappa shape index (κ2) is 5.74. The number of hydrogen-bond acceptors (Lipinski definition) is 3. The zero-order chi connectivity index (χ0) is 16.7. The van der Waals surface area contributed by atoms with Crippen molar-refractivity contribution in [2.75, 3.05) is 5.32 Å². The largest absolute Gasteiger partial charge is 0.439 e. The van der Waals surface area contributed by atoms with Gasteiger partial charge in [0, 0.05) is 12.0 Å². The van der Waals surface area contributed by atoms with Gasteiger partial charge >= 0.3 is 0 Å². The molecule has 6 heteroatoms. The van der Waals surface area contributed by atoms with Crippen LogP contribution >= 0.6 is 11.6 Å². The van der Waals surface area contributed by atoms with Crippen molar-refractivity contribution in [2.45, 2.75) is 34.1 Å². The predicted octanol–water partition coefficient (Wildman–Crippen LogP) is 4.52. The summed E-state index contributed by atoms with van der Waals surface area (Å²) in [5.41, 5.74) is 4.57. The molecule has 2 heterocycles. The first-order valence-corrected chi connectivity index (χ1v) is 7.85. The third-order valence-corrected chi connectivity index (χ3v) is 4.09. The van der Waals surface area contributed by atoms with Gasteiger partial charge in [0.25, 0.3) is 0 Å². The van der Waals surface area contributed by atoms with E-state index in [1.807, 2.05) is 39.0 Å². The maximum Gasteiger partial charge on any atom is 0.246 e. The van der Waals surface area contributed by atoms with Crippen LogP contribution in [0.3, 0.4) is 0 Å². The Bertz CT molecular complexity index is 908. The van der Waals surface area contributed by atoms with Gasteiger partial charge in [-0.3, -0.25) is 4.79 Å². The van der Waals surface area contributed by atoms with Gasteiger partial charge in [0.1, 0.15) is 17.1 Å². The van der Waals surface area contributed by atoms with Crippen molar-refractivity contribution in [1.82, 2.24) is 9.61 Å². The van der Waals surface area contributed by atoms with Gasteiger partial charge in [-0.2, -0.15) is 9.61 Å². The van der Waals surface area contributed by atoms with E-state index in [0.29, 0.717) is 34.3 Å². The summed E-state index contributed by atoms with van der Waals surface area (Å²) in [5, 5.41) is 8.00. The summed E-state index contributed by atoms with van der Waals surface area (Å²) in [5.74, 6) is 0.622. The standard InChI is InChI=1S/C17H18ClN3O2/c1-5-14(22)19-15-10(3)20-21-16(11(4)23-17(15)21)12-7-6-9(2)8-13(12)18/h6-8H,5H2,1-4H3,(H,19,22). The van der Waals surface area contributed by atoms with Crippen LogP contribution in [0.4, 0.5) is 5.69 Å². The zero-order valence-corrected chi connectivity index (χ0v) is 14.3. The molecule has 23 heavy (non-hydrogen) atoms. The number of hydrogen-bond donors (Lipinski definition) is 1. The van der Waals surface area contributed by atoms with E-state index in [-0.39, 0.29) is 5.91 Å². The van der Waals surface area contributed by atoms with Crippen LogP contribution < -0.4 is 5.32 Å². The molecule has 5 nitrogen and oxygen atoms in total. The number of halogens is 1. The Kier molecular flexibility index (Phi) is 3.90. The van der Waals surface area contributed by atoms with Crippen molar-refractivity contribution >= 4 is 28.9 Å². The van der Waals surface area contributed by atoms with Gasteiger partial charge in [0.05, 0.1) is 10.7 Å². The van der Waals surface area contributed by atoms with E-state index in [1.54, 1.807) is 11.4 Å². The number of aromatic nitrogens is 2. The number of amides is 1. The topological polar surface area (TPSA) is 59.5 Å². The number of benzene rings is 1. The lowest BCUT2D eigenvalue weighted by Crippen LogP contribution is -2.09. The van der Waals surface area contributed by atoms with Crippen molar-refractivity contribution in [2.24, 2.45) is 0 Å². The highest BCUT2D eigenvalue weighted by atomic mass is 35.5. The van der Waals surface area contributed by atoms with E-state index < -0.39 is 0 Å². The van der Waals surface area contributed by atoms with E-state index in [9.17, 15) is 4.79 Å². The molecule has 120 valence electrons. The molecular formula is C17H18ClN3O2. The Morgan fingerprint density at radius 2 is 2.09 bits per heavy atom. The molecule has 0 aliphatic carbocycles. The Morgan fingerprint density at radius 3 is 2.74 bits per heavy atom. The second-order valence-corrected chi connectivity index (χ2v) is 5.98. The number of anilines is 1. The number of fused-ring (bicyclic) bond motifs is 1. The Labute approximate surface area is 139 Å². The first-order valence-electron chi connectivity index (χ1n) is 7.47. The number of carbonyl (C=O) groups is 1. The minimum absolute atomic E-state index is 0.0769. The second-order valence-electron chi connectivity index (χ2n) is 5.57. The number of carbonyl (C=O) groups excluding carboxylic acids is 1. The molecule has 0 saturated heterocycles. The zero-order valence-electron chi connectivity index (χ0n) is 13.5. The molecule has 0 atom stereocenters. The fraction of sp³-hybridized carbons (Fsp3) is 0.294. The molecule has 1 N–H and O–H groups in total. The first-order chi connectivity index (χ1) is 10.9. The van der Waals surface area contributed by atoms with E-state index in [4.69, 9.17) is 16.0 Å². The van der Waals surface area contributed by atoms with Crippen molar-refractivity contribution in [1.29, 1.82) is 0 Å². The number of oxazole rings is 1. The van der Waals surface area contributed by atoms with Gasteiger partial charge in [-0.05, 0) is 32.4 Å². The molecule has 1 amide bonds. The Hall–Kier alpha value is -2.27. The SMILES string of the molecule is CCC(=O)Nc1c(C)nn2c(-c3ccc(C)cc3Cl)c(C)oc12. The van der Waals surface area contributed by atoms with Gasteiger partial charge in [-0.1, -0.05) is 30.7 Å². The van der Waals surface area contributed by atoms with Crippen LogP contribution in [0.5, 0.6) is 0 Å². The lowest BCUT2D eigenvalue weighted by molar-refractivity contribution is -0.115. The van der Waals surface area contributed by atoms with Crippen LogP contribution in [0.25, 0.3) is 17.0 Å². The minimum atomic E-state index is -0.0769. The third-order valence-electron chi connectivity index (χ3n) is 3.78. The van der Waals surface area contributed by atoms with Gasteiger partial charge in [-0.15, -0.1) is 0 Å². The van der Waals surface area contributed by atoms with E-state index in [1.165, 1.54) is 0 Å². The smallest absolute Gasteiger partial charge is 0.246 e. The summed E-state index contributed by atoms with van der Waals surface area (Å²) in [4.78, 5) is 11.7. The average Bonchev–Trinajstić information content (AvgIpc) is 2.95. The van der Waals surface area contributed by atoms with Gasteiger partial charge in [0.2, 0.25) is 11.6 Å². The highest BCUT2D eigenvalue weighted by Crippen LogP contribution is 2.36. The van der Waals surface area contributed by atoms with Crippen molar-refractivity contribution in [3.8, 4) is 11.3 Å². The maximum absolute atomic E-state index is 11.7. The first kappa shape index (κ1) is 15.6. The molecule has 1 aromatic carbocycles. The molecule has 0 aliphatic rings. The molecule has 0 fully saturated rings. The lowest BCUT2D eigenvalue weighted by Gasteiger charge is -2.04. The highest BCUT2D eigenvalue weighted by Gasteiger charge is 2.22. The molecular weight excluding hydrogens is 314 g/mol. The van der Waals surface area contributed by atoms with Crippen LogP contribution in [0, 0.1) is 20.8 Å². The lowest BCUT2D eigenvalue weighted by atomic mass is 10.1. The third kappa shape index (κ3) is 2.61. The van der Waals surface area contributed by atoms with Crippen molar-refractivity contribution in [3.05, 3.63) is 40.2 Å². The predicted molar refractivity (Wildman–Crippen MR) is 91.0 cm³/mol. The minimum Gasteiger partial charge on any atom is -0.439 e. The molecule has 0 unspecified atom stereocenters. The summed E-state index contributed by atoms with van der Waals surface area (Å²) in [7, 11) is 0. The van der Waals surface area contributed by atoms with Gasteiger partial charge < -0.3 is 9.73 Å². The van der Waals surface area contributed by atoms with Crippen LogP contribution in [-0.4, -0.2) is 15.5 Å². The number of aryl methyl sites for hydroxylation is 3. The van der Waals surface area contributed by atoms with Gasteiger partial charge in [-0.25, -0.2) is 0 Å². The quantitative estimate of drug-likeness (QED) is 0.767. The fourth-order valence-electron chi connectivity index (χ4n) is 2.58. The highest BCUT2D eigenvalue weighted by molar-refractivity contribution is 6.33. The summed E-state index contributed by atoms with van der Waals surface area (Å²) in [6.45, 7) is 7.49. The summed E-state index contributed by atoms with van der Waals surface area (Å²) in [6.07, 6.45) is 0.396. The van der Waals surface area contributed by atoms with Crippen molar-refractivity contribution in [3.63, 3.8) is 0 Å². The monoisotopic (exact) mass is 331 g/mol. The summed E-state index contributed by atoms with van der Waals surface area (Å²) >= 11 is 6.39. The number of nitrogens with zero attached hydrogens (tertiary/aromatic N) is 2. The Morgan fingerprint density at radius 1 is 1.35 bits per heavy atom. The van der Waals surface area contributed by atoms with Crippen LogP contribution in [-0.2, 0) is 4.79 Å². The van der Waals surface area contributed by atoms with E-state index in [0.717, 1.165) is 16.8 Å². The fourth-order valence-corrected chi connectivity index (χ4v) is 2.91. The number of rotatable bonds is 3. The number of nitrogens with one attached hydrogen (secondary N) is 1. The van der Waals surface area contributed by atoms with E-state index >= 15 is 0 Å². The van der Waals surface area contributed by atoms with Crippen LogP contribution in [0.15, 0.2) is 22.6 Å². The maximum atomic E-state index is 11.7. The molecule has 0 aliphatic heterocycles. The van der Waals surface area contributed by atoms with E-state index in [2.05, 4.69) is 10.4 Å². The molecule has 0 spiro atoms. The molecule has 3 aromatic rings. The van der Waals surface area contributed by atoms with Crippen LogP contribution in [0.2, 0.25) is 5.02 Å². The Balaban J connectivity index is 2.21.